The van der Waals surface area contributed by atoms with Crippen LogP contribution in [-0.2, 0) is 21.3 Å². The molecular formula is C13H22N2O4S. The van der Waals surface area contributed by atoms with E-state index in [4.69, 9.17) is 9.15 Å². The van der Waals surface area contributed by atoms with Gasteiger partial charge < -0.3 is 14.5 Å². The van der Waals surface area contributed by atoms with Crippen molar-refractivity contribution in [3.8, 4) is 0 Å². The van der Waals surface area contributed by atoms with Crippen molar-refractivity contribution in [1.82, 2.24) is 10.0 Å². The van der Waals surface area contributed by atoms with E-state index in [9.17, 15) is 8.42 Å². The van der Waals surface area contributed by atoms with E-state index in [0.29, 0.717) is 31.4 Å². The Morgan fingerprint density at radius 2 is 2.05 bits per heavy atom. The molecule has 1 atom stereocenters. The van der Waals surface area contributed by atoms with Gasteiger partial charge in [0.25, 0.3) is 10.0 Å². The first-order valence-corrected chi connectivity index (χ1v) is 8.34. The average Bonchev–Trinajstić information content (AvgIpc) is 2.89. The number of rotatable bonds is 6. The Bertz CT molecular complexity index is 520. The molecule has 1 aliphatic rings. The maximum absolute atomic E-state index is 12.2. The number of hydrogen-bond acceptors (Lipinski definition) is 5. The van der Waals surface area contributed by atoms with Gasteiger partial charge in [-0.05, 0) is 44.9 Å². The second-order valence-corrected chi connectivity index (χ2v) is 6.76. The SMILES string of the molecule is CNCc1ccc(S(=O)(=O)NC(C)C2CCOCC2)o1. The van der Waals surface area contributed by atoms with Crippen LogP contribution in [0.3, 0.4) is 0 Å². The number of ether oxygens (including phenoxy) is 1. The zero-order chi connectivity index (χ0) is 14.6. The van der Waals surface area contributed by atoms with Gasteiger partial charge in [0.15, 0.2) is 0 Å². The number of sulfonamides is 1. The van der Waals surface area contributed by atoms with Gasteiger partial charge in [-0.25, -0.2) is 13.1 Å². The van der Waals surface area contributed by atoms with Crippen molar-refractivity contribution in [2.75, 3.05) is 20.3 Å². The van der Waals surface area contributed by atoms with E-state index >= 15 is 0 Å². The van der Waals surface area contributed by atoms with Gasteiger partial charge in [-0.15, -0.1) is 0 Å². The molecule has 0 aliphatic carbocycles. The zero-order valence-corrected chi connectivity index (χ0v) is 12.7. The van der Waals surface area contributed by atoms with Crippen molar-refractivity contribution in [3.05, 3.63) is 17.9 Å². The molecule has 0 bridgehead atoms. The second kappa shape index (κ2) is 6.71. The van der Waals surface area contributed by atoms with Gasteiger partial charge in [0.05, 0.1) is 6.54 Å². The lowest BCUT2D eigenvalue weighted by Crippen LogP contribution is -2.40. The quantitative estimate of drug-likeness (QED) is 0.822. The van der Waals surface area contributed by atoms with Crippen LogP contribution in [0.2, 0.25) is 0 Å². The summed E-state index contributed by atoms with van der Waals surface area (Å²) in [6, 6.07) is 3.04. The van der Waals surface area contributed by atoms with E-state index in [-0.39, 0.29) is 11.1 Å². The van der Waals surface area contributed by atoms with Crippen molar-refractivity contribution in [1.29, 1.82) is 0 Å². The first kappa shape index (κ1) is 15.5. The van der Waals surface area contributed by atoms with E-state index in [0.717, 1.165) is 12.8 Å². The first-order chi connectivity index (χ1) is 9.53. The molecule has 1 aromatic heterocycles. The summed E-state index contributed by atoms with van der Waals surface area (Å²) in [4.78, 5) is 0. The first-order valence-electron chi connectivity index (χ1n) is 6.86. The largest absolute Gasteiger partial charge is 0.447 e. The summed E-state index contributed by atoms with van der Waals surface area (Å²) in [6.45, 7) is 3.80. The molecule has 0 spiro atoms. The van der Waals surface area contributed by atoms with Gasteiger partial charge in [-0.1, -0.05) is 0 Å². The third-order valence-electron chi connectivity index (χ3n) is 3.57. The van der Waals surface area contributed by atoms with Crippen LogP contribution in [0.25, 0.3) is 0 Å². The second-order valence-electron chi connectivity index (χ2n) is 5.11. The van der Waals surface area contributed by atoms with Gasteiger partial charge in [-0.3, -0.25) is 0 Å². The van der Waals surface area contributed by atoms with E-state index < -0.39 is 10.0 Å². The minimum Gasteiger partial charge on any atom is -0.447 e. The van der Waals surface area contributed by atoms with Crippen LogP contribution in [0.15, 0.2) is 21.6 Å². The zero-order valence-electron chi connectivity index (χ0n) is 11.9. The van der Waals surface area contributed by atoms with Gasteiger partial charge in [0.2, 0.25) is 5.09 Å². The van der Waals surface area contributed by atoms with Gasteiger partial charge in [0.1, 0.15) is 5.76 Å². The molecule has 0 amide bonds. The number of furan rings is 1. The van der Waals surface area contributed by atoms with Crippen LogP contribution in [-0.4, -0.2) is 34.7 Å². The standard InChI is InChI=1S/C13H22N2O4S/c1-10(11-5-7-18-8-6-11)15-20(16,17)13-4-3-12(19-13)9-14-2/h3-4,10-11,14-15H,5-9H2,1-2H3. The molecule has 0 aromatic carbocycles. The Morgan fingerprint density at radius 1 is 1.35 bits per heavy atom. The topological polar surface area (TPSA) is 80.6 Å². The Labute approximate surface area is 119 Å². The molecule has 1 saturated heterocycles. The monoisotopic (exact) mass is 302 g/mol. The fourth-order valence-electron chi connectivity index (χ4n) is 2.39. The third kappa shape index (κ3) is 3.82. The summed E-state index contributed by atoms with van der Waals surface area (Å²) < 4.78 is 37.8. The highest BCUT2D eigenvalue weighted by Gasteiger charge is 2.27. The van der Waals surface area contributed by atoms with Gasteiger partial charge in [-0.2, -0.15) is 0 Å². The highest BCUT2D eigenvalue weighted by molar-refractivity contribution is 7.89. The summed E-state index contributed by atoms with van der Waals surface area (Å²) in [7, 11) is -1.81. The predicted octanol–water partition coefficient (Wildman–Crippen LogP) is 1.09. The van der Waals surface area contributed by atoms with E-state index in [1.165, 1.54) is 6.07 Å². The number of nitrogens with one attached hydrogen (secondary N) is 2. The maximum Gasteiger partial charge on any atom is 0.274 e. The van der Waals surface area contributed by atoms with Crippen LogP contribution < -0.4 is 10.0 Å². The highest BCUT2D eigenvalue weighted by Crippen LogP contribution is 2.21. The average molecular weight is 302 g/mol. The summed E-state index contributed by atoms with van der Waals surface area (Å²) in [6.07, 6.45) is 1.76. The Kier molecular flexibility index (Phi) is 5.20. The smallest absolute Gasteiger partial charge is 0.274 e. The fraction of sp³-hybridized carbons (Fsp3) is 0.692. The molecule has 2 heterocycles. The molecule has 1 fully saturated rings. The molecular weight excluding hydrogens is 280 g/mol. The van der Waals surface area contributed by atoms with Crippen molar-refractivity contribution < 1.29 is 17.6 Å². The molecule has 2 N–H and O–H groups in total. The summed E-state index contributed by atoms with van der Waals surface area (Å²) in [5.41, 5.74) is 0. The van der Waals surface area contributed by atoms with E-state index in [1.807, 2.05) is 6.92 Å². The Morgan fingerprint density at radius 3 is 2.70 bits per heavy atom. The molecule has 1 unspecified atom stereocenters. The van der Waals surface area contributed by atoms with Crippen LogP contribution in [0, 0.1) is 5.92 Å². The van der Waals surface area contributed by atoms with Crippen molar-refractivity contribution >= 4 is 10.0 Å². The fourth-order valence-corrected chi connectivity index (χ4v) is 3.65. The molecule has 1 aromatic rings. The molecule has 7 heteroatoms. The Hall–Kier alpha value is -0.890. The highest BCUT2D eigenvalue weighted by atomic mass is 32.2. The predicted molar refractivity (Wildman–Crippen MR) is 74.8 cm³/mol. The molecule has 20 heavy (non-hydrogen) atoms. The van der Waals surface area contributed by atoms with Crippen LogP contribution >= 0.6 is 0 Å². The molecule has 1 aliphatic heterocycles. The molecule has 114 valence electrons. The lowest BCUT2D eigenvalue weighted by Gasteiger charge is -2.27. The van der Waals surface area contributed by atoms with Crippen LogP contribution in [0.1, 0.15) is 25.5 Å². The maximum atomic E-state index is 12.2. The van der Waals surface area contributed by atoms with E-state index in [1.54, 1.807) is 13.1 Å². The van der Waals surface area contributed by atoms with Crippen LogP contribution in [0.4, 0.5) is 0 Å². The molecule has 0 radical (unpaired) electrons. The minimum absolute atomic E-state index is 0.0262. The lowest BCUT2D eigenvalue weighted by atomic mass is 9.94. The number of hydrogen-bond donors (Lipinski definition) is 2. The third-order valence-corrected chi connectivity index (χ3v) is 5.00. The summed E-state index contributed by atoms with van der Waals surface area (Å²) in [5, 5.41) is 2.89. The summed E-state index contributed by atoms with van der Waals surface area (Å²) in [5.74, 6) is 0.914. The molecule has 6 nitrogen and oxygen atoms in total. The van der Waals surface area contributed by atoms with Crippen molar-refractivity contribution in [2.45, 2.75) is 37.4 Å². The normalized spacial score (nSPS) is 19.1. The Balaban J connectivity index is 2.01. The minimum atomic E-state index is -3.59. The van der Waals surface area contributed by atoms with Crippen molar-refractivity contribution in [3.63, 3.8) is 0 Å². The molecule has 0 saturated carbocycles. The van der Waals surface area contributed by atoms with Crippen LogP contribution in [0.5, 0.6) is 0 Å². The lowest BCUT2D eigenvalue weighted by molar-refractivity contribution is 0.0585. The molecule has 2 rings (SSSR count). The van der Waals surface area contributed by atoms with E-state index in [2.05, 4.69) is 10.0 Å². The van der Waals surface area contributed by atoms with Gasteiger partial charge >= 0.3 is 0 Å². The van der Waals surface area contributed by atoms with Crippen molar-refractivity contribution in [2.24, 2.45) is 5.92 Å². The van der Waals surface area contributed by atoms with Gasteiger partial charge in [0, 0.05) is 19.3 Å². The summed E-state index contributed by atoms with van der Waals surface area (Å²) >= 11 is 0.